The van der Waals surface area contributed by atoms with Crippen molar-refractivity contribution >= 4 is 5.91 Å². The van der Waals surface area contributed by atoms with Crippen LogP contribution in [0, 0.1) is 0 Å². The van der Waals surface area contributed by atoms with Gasteiger partial charge in [-0.25, -0.2) is 0 Å². The predicted octanol–water partition coefficient (Wildman–Crippen LogP) is 2.06. The fourth-order valence-corrected chi connectivity index (χ4v) is 2.71. The van der Waals surface area contributed by atoms with Crippen molar-refractivity contribution in [3.8, 4) is 16.9 Å². The van der Waals surface area contributed by atoms with E-state index in [2.05, 4.69) is 9.97 Å². The van der Waals surface area contributed by atoms with E-state index in [0.29, 0.717) is 5.69 Å². The summed E-state index contributed by atoms with van der Waals surface area (Å²) in [7, 11) is 0. The molecule has 30 heavy (non-hydrogen) atoms. The standard InChI is InChI=1S/C19H15F3N4O4/c20-19(21,22)16-12(7-13(17(23)28)18(29)26-16)10-1-3-11(4-2-10)30-15(9-27)14-8-24-5-6-25-14/h1-8,15,27H,9H2,(H2,23,28)(H,26,29). The highest BCUT2D eigenvalue weighted by Gasteiger charge is 2.36. The van der Waals surface area contributed by atoms with Gasteiger partial charge >= 0.3 is 6.18 Å². The maximum absolute atomic E-state index is 13.4. The lowest BCUT2D eigenvalue weighted by atomic mass is 10.0. The summed E-state index contributed by atoms with van der Waals surface area (Å²) in [5.41, 5.74) is 1.96. The van der Waals surface area contributed by atoms with Gasteiger partial charge in [0.1, 0.15) is 22.7 Å². The van der Waals surface area contributed by atoms with Gasteiger partial charge in [0.05, 0.1) is 12.8 Å². The highest BCUT2D eigenvalue weighted by molar-refractivity contribution is 5.94. The van der Waals surface area contributed by atoms with Crippen LogP contribution in [0.4, 0.5) is 13.2 Å². The van der Waals surface area contributed by atoms with E-state index in [1.165, 1.54) is 42.9 Å². The minimum atomic E-state index is -4.87. The van der Waals surface area contributed by atoms with Crippen LogP contribution in [0.1, 0.15) is 27.8 Å². The molecule has 2 heterocycles. The van der Waals surface area contributed by atoms with Crippen molar-refractivity contribution in [2.45, 2.75) is 12.3 Å². The Morgan fingerprint density at radius 2 is 1.93 bits per heavy atom. The lowest BCUT2D eigenvalue weighted by Gasteiger charge is -2.17. The van der Waals surface area contributed by atoms with Crippen molar-refractivity contribution in [1.82, 2.24) is 15.0 Å². The molecular weight excluding hydrogens is 405 g/mol. The number of nitrogens with two attached hydrogens (primary N) is 1. The van der Waals surface area contributed by atoms with Gasteiger partial charge in [-0.2, -0.15) is 13.2 Å². The molecule has 11 heteroatoms. The van der Waals surface area contributed by atoms with E-state index in [1.807, 2.05) is 0 Å². The number of ether oxygens (including phenoxy) is 1. The fourth-order valence-electron chi connectivity index (χ4n) is 2.71. The molecule has 1 atom stereocenters. The van der Waals surface area contributed by atoms with Crippen LogP contribution in [-0.2, 0) is 6.18 Å². The zero-order chi connectivity index (χ0) is 21.9. The maximum Gasteiger partial charge on any atom is 0.431 e. The van der Waals surface area contributed by atoms with Crippen molar-refractivity contribution in [1.29, 1.82) is 0 Å². The Balaban J connectivity index is 1.97. The first-order valence-electron chi connectivity index (χ1n) is 8.49. The number of amides is 1. The zero-order valence-electron chi connectivity index (χ0n) is 15.2. The van der Waals surface area contributed by atoms with Gasteiger partial charge in [-0.05, 0) is 23.8 Å². The number of halogens is 3. The summed E-state index contributed by atoms with van der Waals surface area (Å²) in [6.45, 7) is -0.402. The Labute approximate surface area is 167 Å². The minimum Gasteiger partial charge on any atom is -0.482 e. The molecular formula is C19H15F3N4O4. The molecule has 0 saturated heterocycles. The first kappa shape index (κ1) is 21.0. The first-order valence-corrected chi connectivity index (χ1v) is 8.49. The highest BCUT2D eigenvalue weighted by atomic mass is 19.4. The number of aromatic nitrogens is 3. The van der Waals surface area contributed by atoms with Gasteiger partial charge in [-0.3, -0.25) is 19.6 Å². The molecule has 156 valence electrons. The summed E-state index contributed by atoms with van der Waals surface area (Å²) in [4.78, 5) is 32.7. The average Bonchev–Trinajstić information content (AvgIpc) is 2.72. The average molecular weight is 420 g/mol. The summed E-state index contributed by atoms with van der Waals surface area (Å²) in [6, 6.07) is 6.19. The number of aliphatic hydroxyl groups is 1. The Hall–Kier alpha value is -3.73. The van der Waals surface area contributed by atoms with Crippen LogP contribution in [-0.4, -0.2) is 32.6 Å². The molecule has 4 N–H and O–H groups in total. The van der Waals surface area contributed by atoms with Gasteiger partial charge in [0, 0.05) is 18.0 Å². The van der Waals surface area contributed by atoms with Crippen molar-refractivity contribution in [3.63, 3.8) is 0 Å². The quantitative estimate of drug-likeness (QED) is 0.560. The Bertz CT molecular complexity index is 1100. The summed E-state index contributed by atoms with van der Waals surface area (Å²) in [6.07, 6.45) is -1.40. The number of nitrogens with one attached hydrogen (secondary N) is 1. The monoisotopic (exact) mass is 420 g/mol. The number of alkyl halides is 3. The van der Waals surface area contributed by atoms with Crippen molar-refractivity contribution < 1.29 is 27.8 Å². The van der Waals surface area contributed by atoms with Crippen molar-refractivity contribution in [2.75, 3.05) is 6.61 Å². The predicted molar refractivity (Wildman–Crippen MR) is 98.5 cm³/mol. The number of nitrogens with zero attached hydrogens (tertiary/aromatic N) is 2. The maximum atomic E-state index is 13.4. The number of aromatic amines is 1. The molecule has 0 spiro atoms. The molecule has 0 aliphatic rings. The second-order valence-corrected chi connectivity index (χ2v) is 6.11. The van der Waals surface area contributed by atoms with Crippen molar-refractivity contribution in [2.24, 2.45) is 5.73 Å². The number of aliphatic hydroxyl groups excluding tert-OH is 1. The smallest absolute Gasteiger partial charge is 0.431 e. The van der Waals surface area contributed by atoms with Crippen LogP contribution in [0.15, 0.2) is 53.7 Å². The van der Waals surface area contributed by atoms with Crippen LogP contribution in [0.25, 0.3) is 11.1 Å². The third kappa shape index (κ3) is 4.46. The number of hydrogen-bond acceptors (Lipinski definition) is 6. The fraction of sp³-hybridized carbons (Fsp3) is 0.158. The number of pyridine rings is 1. The third-order valence-electron chi connectivity index (χ3n) is 4.11. The van der Waals surface area contributed by atoms with Crippen LogP contribution in [0.5, 0.6) is 5.75 Å². The van der Waals surface area contributed by atoms with Gasteiger partial charge in [0.15, 0.2) is 6.10 Å². The molecule has 1 aromatic carbocycles. The molecule has 2 aromatic heterocycles. The normalized spacial score (nSPS) is 12.4. The molecule has 0 aliphatic carbocycles. The van der Waals surface area contributed by atoms with E-state index in [-0.39, 0.29) is 11.3 Å². The summed E-state index contributed by atoms with van der Waals surface area (Å²) < 4.78 is 45.8. The van der Waals surface area contributed by atoms with Gasteiger partial charge in [0.25, 0.3) is 11.5 Å². The van der Waals surface area contributed by atoms with E-state index in [0.717, 1.165) is 6.07 Å². The summed E-state index contributed by atoms with van der Waals surface area (Å²) >= 11 is 0. The van der Waals surface area contributed by atoms with E-state index >= 15 is 0 Å². The van der Waals surface area contributed by atoms with Crippen LogP contribution in [0.2, 0.25) is 0 Å². The molecule has 0 bridgehead atoms. The van der Waals surface area contributed by atoms with Crippen LogP contribution in [0.3, 0.4) is 0 Å². The molecule has 0 fully saturated rings. The Kier molecular flexibility index (Phi) is 5.83. The van der Waals surface area contributed by atoms with E-state index in [9.17, 15) is 27.9 Å². The molecule has 0 radical (unpaired) electrons. The zero-order valence-corrected chi connectivity index (χ0v) is 15.2. The second-order valence-electron chi connectivity index (χ2n) is 6.11. The topological polar surface area (TPSA) is 131 Å². The number of carbonyl (C=O) groups is 1. The first-order chi connectivity index (χ1) is 14.2. The third-order valence-corrected chi connectivity index (χ3v) is 4.11. The largest absolute Gasteiger partial charge is 0.482 e. The van der Waals surface area contributed by atoms with Gasteiger partial charge < -0.3 is 20.6 Å². The summed E-state index contributed by atoms with van der Waals surface area (Å²) in [5.74, 6) is -0.905. The number of hydrogen-bond donors (Lipinski definition) is 3. The van der Waals surface area contributed by atoms with E-state index < -0.39 is 47.2 Å². The Morgan fingerprint density at radius 1 is 1.23 bits per heavy atom. The molecule has 3 aromatic rings. The van der Waals surface area contributed by atoms with E-state index in [1.54, 1.807) is 4.98 Å². The molecule has 1 amide bonds. The van der Waals surface area contributed by atoms with Crippen LogP contribution < -0.4 is 16.0 Å². The minimum absolute atomic E-state index is 0.0634. The second kappa shape index (κ2) is 8.33. The van der Waals surface area contributed by atoms with Crippen LogP contribution >= 0.6 is 0 Å². The van der Waals surface area contributed by atoms with Gasteiger partial charge in [0.2, 0.25) is 0 Å². The SMILES string of the molecule is NC(=O)c1cc(-c2ccc(OC(CO)c3cnccn3)cc2)c(C(F)(F)F)[nH]c1=O. The number of H-pyrrole nitrogens is 1. The number of primary amides is 1. The number of benzene rings is 1. The lowest BCUT2D eigenvalue weighted by molar-refractivity contribution is -0.140. The summed E-state index contributed by atoms with van der Waals surface area (Å²) in [5, 5.41) is 9.51. The lowest BCUT2D eigenvalue weighted by Crippen LogP contribution is -2.27. The van der Waals surface area contributed by atoms with E-state index in [4.69, 9.17) is 10.5 Å². The number of carbonyl (C=O) groups excluding carboxylic acids is 1. The highest BCUT2D eigenvalue weighted by Crippen LogP contribution is 2.36. The Morgan fingerprint density at radius 3 is 2.47 bits per heavy atom. The number of rotatable bonds is 6. The molecule has 8 nitrogen and oxygen atoms in total. The van der Waals surface area contributed by atoms with Crippen molar-refractivity contribution in [3.05, 3.63) is 76.2 Å². The molecule has 0 saturated carbocycles. The van der Waals surface area contributed by atoms with Gasteiger partial charge in [-0.1, -0.05) is 12.1 Å². The van der Waals surface area contributed by atoms with Gasteiger partial charge in [-0.15, -0.1) is 0 Å². The molecule has 0 aliphatic heterocycles. The molecule has 1 unspecified atom stereocenters. The molecule has 3 rings (SSSR count).